The number of benzene rings is 1. The molecule has 0 amide bonds. The minimum absolute atomic E-state index is 0.111. The van der Waals surface area contributed by atoms with Gasteiger partial charge in [-0.2, -0.15) is 0 Å². The number of ether oxygens (including phenoxy) is 3. The molecule has 0 saturated carbocycles. The van der Waals surface area contributed by atoms with Gasteiger partial charge in [-0.05, 0) is 17.7 Å². The lowest BCUT2D eigenvalue weighted by molar-refractivity contribution is -0.274. The van der Waals surface area contributed by atoms with E-state index in [0.717, 1.165) is 6.07 Å². The molecule has 0 radical (unpaired) electrons. The van der Waals surface area contributed by atoms with E-state index < -0.39 is 18.3 Å². The van der Waals surface area contributed by atoms with Gasteiger partial charge in [0.1, 0.15) is 5.75 Å². The molecule has 1 aliphatic heterocycles. The van der Waals surface area contributed by atoms with E-state index in [2.05, 4.69) is 14.9 Å². The monoisotopic (exact) mass is 372 g/mol. The van der Waals surface area contributed by atoms with E-state index in [-0.39, 0.29) is 29.7 Å². The summed E-state index contributed by atoms with van der Waals surface area (Å²) < 4.78 is 64.0. The van der Waals surface area contributed by atoms with Gasteiger partial charge in [-0.15, -0.1) is 13.2 Å². The van der Waals surface area contributed by atoms with E-state index in [1.54, 1.807) is 0 Å². The number of halogens is 4. The minimum Gasteiger partial charge on any atom is -0.479 e. The van der Waals surface area contributed by atoms with Crippen molar-refractivity contribution in [3.63, 3.8) is 0 Å². The normalized spacial score (nSPS) is 16.7. The van der Waals surface area contributed by atoms with Crippen LogP contribution in [0.5, 0.6) is 17.4 Å². The first-order valence-electron chi connectivity index (χ1n) is 7.30. The quantitative estimate of drug-likeness (QED) is 0.760. The van der Waals surface area contributed by atoms with Crippen molar-refractivity contribution in [3.05, 3.63) is 47.9 Å². The van der Waals surface area contributed by atoms with Crippen LogP contribution in [0, 0.1) is 5.82 Å². The van der Waals surface area contributed by atoms with Crippen LogP contribution >= 0.6 is 0 Å². The zero-order valence-corrected chi connectivity index (χ0v) is 13.3. The van der Waals surface area contributed by atoms with Crippen LogP contribution in [0.4, 0.5) is 17.6 Å². The molecule has 2 heterocycles. The third-order valence-corrected chi connectivity index (χ3v) is 3.34. The fourth-order valence-electron chi connectivity index (χ4n) is 2.23. The topological polar surface area (TPSA) is 62.2 Å². The Balaban J connectivity index is 1.60. The smallest absolute Gasteiger partial charge is 0.479 e. The molecule has 6 nitrogen and oxygen atoms in total. The van der Waals surface area contributed by atoms with Gasteiger partial charge >= 0.3 is 6.36 Å². The van der Waals surface area contributed by atoms with Gasteiger partial charge in [0.05, 0.1) is 19.7 Å². The van der Waals surface area contributed by atoms with E-state index in [1.165, 1.54) is 37.6 Å². The maximum atomic E-state index is 13.6. The third-order valence-electron chi connectivity index (χ3n) is 3.34. The molecular weight excluding hydrogens is 360 g/mol. The number of aromatic nitrogens is 1. The summed E-state index contributed by atoms with van der Waals surface area (Å²) in [7, 11) is 1.29. The fourth-order valence-corrected chi connectivity index (χ4v) is 2.23. The molecule has 0 fully saturated rings. The number of nitrogens with zero attached hydrogens (tertiary/aromatic N) is 2. The predicted molar refractivity (Wildman–Crippen MR) is 80.4 cm³/mol. The summed E-state index contributed by atoms with van der Waals surface area (Å²) in [6.07, 6.45) is -3.81. The van der Waals surface area contributed by atoms with Gasteiger partial charge in [0.15, 0.2) is 17.7 Å². The van der Waals surface area contributed by atoms with Crippen molar-refractivity contribution in [2.45, 2.75) is 18.9 Å². The van der Waals surface area contributed by atoms with Gasteiger partial charge in [0.2, 0.25) is 11.8 Å². The van der Waals surface area contributed by atoms with Gasteiger partial charge in [-0.25, -0.2) is 9.37 Å². The van der Waals surface area contributed by atoms with E-state index in [0.29, 0.717) is 5.56 Å². The molecule has 0 bridgehead atoms. The lowest BCUT2D eigenvalue weighted by Gasteiger charge is -2.11. The van der Waals surface area contributed by atoms with E-state index >= 15 is 0 Å². The lowest BCUT2D eigenvalue weighted by Crippen LogP contribution is -2.17. The Hall–Kier alpha value is -3.04. The number of hydrogen-bond acceptors (Lipinski definition) is 6. The van der Waals surface area contributed by atoms with Crippen LogP contribution < -0.4 is 14.2 Å². The molecule has 1 aliphatic rings. The summed E-state index contributed by atoms with van der Waals surface area (Å²) in [6.45, 7) is 0. The van der Waals surface area contributed by atoms with Crippen molar-refractivity contribution >= 4 is 5.90 Å². The van der Waals surface area contributed by atoms with Crippen molar-refractivity contribution in [3.8, 4) is 17.4 Å². The van der Waals surface area contributed by atoms with Crippen molar-refractivity contribution in [2.24, 2.45) is 5.16 Å². The van der Waals surface area contributed by atoms with Crippen LogP contribution in [0.25, 0.3) is 0 Å². The van der Waals surface area contributed by atoms with Crippen molar-refractivity contribution in [1.82, 2.24) is 4.98 Å². The summed E-state index contributed by atoms with van der Waals surface area (Å²) in [5.74, 6) is -0.907. The van der Waals surface area contributed by atoms with E-state index in [1.807, 2.05) is 0 Å². The molecule has 10 heteroatoms. The molecule has 1 aromatic carbocycles. The highest BCUT2D eigenvalue weighted by molar-refractivity contribution is 5.79. The molecule has 0 unspecified atom stereocenters. The molecule has 2 aromatic rings. The third kappa shape index (κ3) is 4.32. The van der Waals surface area contributed by atoms with Crippen LogP contribution in [-0.4, -0.2) is 24.4 Å². The number of rotatable bonds is 4. The summed E-state index contributed by atoms with van der Waals surface area (Å²) in [6, 6.07) is 6.30. The highest BCUT2D eigenvalue weighted by Gasteiger charge is 2.31. The summed E-state index contributed by atoms with van der Waals surface area (Å²) >= 11 is 0. The maximum Gasteiger partial charge on any atom is 0.573 e. The highest BCUT2D eigenvalue weighted by atomic mass is 19.4. The number of alkyl halides is 3. The average Bonchev–Trinajstić information content (AvgIpc) is 3.03. The zero-order valence-electron chi connectivity index (χ0n) is 13.3. The summed E-state index contributed by atoms with van der Waals surface area (Å²) in [5, 5.41) is 3.74. The van der Waals surface area contributed by atoms with Gasteiger partial charge in [-0.1, -0.05) is 17.3 Å². The summed E-state index contributed by atoms with van der Waals surface area (Å²) in [4.78, 5) is 8.93. The highest BCUT2D eigenvalue weighted by Crippen LogP contribution is 2.31. The second-order valence-electron chi connectivity index (χ2n) is 5.16. The zero-order chi connectivity index (χ0) is 18.7. The molecule has 1 atom stereocenters. The van der Waals surface area contributed by atoms with Gasteiger partial charge in [0, 0.05) is 6.07 Å². The molecule has 26 heavy (non-hydrogen) atoms. The standard InChI is InChI=1S/C16H12F4N2O4/c1-23-15-12(17)6-11(8-21-15)24-14-7-13(26-22-14)9-2-4-10(5-3-9)25-16(18,19)20/h2-6,8,13H,7H2,1H3/t13-/m0/s1. The number of oxime groups is 1. The van der Waals surface area contributed by atoms with Crippen molar-refractivity contribution < 1.29 is 36.6 Å². The van der Waals surface area contributed by atoms with E-state index in [9.17, 15) is 17.6 Å². The van der Waals surface area contributed by atoms with Gasteiger partial charge < -0.3 is 19.0 Å². The first-order chi connectivity index (χ1) is 12.3. The largest absolute Gasteiger partial charge is 0.573 e. The lowest BCUT2D eigenvalue weighted by atomic mass is 10.1. The van der Waals surface area contributed by atoms with Gasteiger partial charge in [-0.3, -0.25) is 0 Å². The summed E-state index contributed by atoms with van der Waals surface area (Å²) in [5.41, 5.74) is 0.584. The van der Waals surface area contributed by atoms with Crippen molar-refractivity contribution in [1.29, 1.82) is 0 Å². The van der Waals surface area contributed by atoms with Crippen LogP contribution in [0.1, 0.15) is 18.1 Å². The molecule has 0 N–H and O–H groups in total. The first kappa shape index (κ1) is 17.8. The Morgan fingerprint density at radius 1 is 1.15 bits per heavy atom. The van der Waals surface area contributed by atoms with Crippen LogP contribution in [-0.2, 0) is 4.84 Å². The molecule has 0 saturated heterocycles. The van der Waals surface area contributed by atoms with Crippen molar-refractivity contribution in [2.75, 3.05) is 7.11 Å². The van der Waals surface area contributed by atoms with Gasteiger partial charge in [0.25, 0.3) is 0 Å². The minimum atomic E-state index is -4.75. The molecule has 3 rings (SSSR count). The molecular formula is C16H12F4N2O4. The second kappa shape index (κ2) is 7.06. The number of hydrogen-bond donors (Lipinski definition) is 0. The van der Waals surface area contributed by atoms with E-state index in [4.69, 9.17) is 14.3 Å². The second-order valence-corrected chi connectivity index (χ2v) is 5.16. The Kier molecular flexibility index (Phi) is 4.83. The Morgan fingerprint density at radius 3 is 2.50 bits per heavy atom. The van der Waals surface area contributed by atoms with Crippen LogP contribution in [0.15, 0.2) is 41.7 Å². The molecule has 0 aliphatic carbocycles. The first-order valence-corrected chi connectivity index (χ1v) is 7.30. The molecule has 1 aromatic heterocycles. The molecule has 0 spiro atoms. The maximum absolute atomic E-state index is 13.6. The predicted octanol–water partition coefficient (Wildman–Crippen LogP) is 3.98. The average molecular weight is 372 g/mol. The Labute approximate surface area is 144 Å². The Bertz CT molecular complexity index is 809. The fraction of sp³-hybridized carbons (Fsp3) is 0.250. The van der Waals surface area contributed by atoms with Crippen LogP contribution in [0.3, 0.4) is 0 Å². The van der Waals surface area contributed by atoms with Crippen LogP contribution in [0.2, 0.25) is 0 Å². The molecule has 138 valence electrons. The number of pyridine rings is 1. The Morgan fingerprint density at radius 2 is 1.88 bits per heavy atom. The SMILES string of the molecule is COc1ncc(OC2=NO[C@H](c3ccc(OC(F)(F)F)cc3)C2)cc1F. The number of methoxy groups -OCH3 is 1.